The van der Waals surface area contributed by atoms with Crippen LogP contribution in [0.3, 0.4) is 0 Å². The zero-order valence-electron chi connectivity index (χ0n) is 16.3. The van der Waals surface area contributed by atoms with E-state index >= 15 is 0 Å². The summed E-state index contributed by atoms with van der Waals surface area (Å²) in [5.74, 6) is -1.92. The number of ketones is 1. The highest BCUT2D eigenvalue weighted by Crippen LogP contribution is 2.40. The highest BCUT2D eigenvalue weighted by atomic mass is 35.5. The summed E-state index contributed by atoms with van der Waals surface area (Å²) in [6, 6.07) is 10.1. The molecule has 1 atom stereocenters. The van der Waals surface area contributed by atoms with Crippen LogP contribution in [-0.4, -0.2) is 34.2 Å². The fourth-order valence-corrected chi connectivity index (χ4v) is 3.68. The van der Waals surface area contributed by atoms with Crippen LogP contribution in [0.2, 0.25) is 10.0 Å². The number of carbonyl (C=O) groups is 3. The fraction of sp³-hybridized carbons (Fsp3) is 0.227. The Morgan fingerprint density at radius 1 is 1.10 bits per heavy atom. The molecule has 1 aliphatic rings. The highest BCUT2D eigenvalue weighted by Gasteiger charge is 2.45. The van der Waals surface area contributed by atoms with E-state index in [2.05, 4.69) is 0 Å². The maximum Gasteiger partial charge on any atom is 0.308 e. The lowest BCUT2D eigenvalue weighted by molar-refractivity contribution is -0.139. The molecule has 0 saturated carbocycles. The number of Topliss-reactive ketones (excluding diaryl/α,β-unsaturated/α-hetero) is 1. The van der Waals surface area contributed by atoms with Gasteiger partial charge >= 0.3 is 5.97 Å². The van der Waals surface area contributed by atoms with Gasteiger partial charge in [0, 0.05) is 19.0 Å². The van der Waals surface area contributed by atoms with E-state index < -0.39 is 23.7 Å². The zero-order chi connectivity index (χ0) is 22.0. The van der Waals surface area contributed by atoms with Crippen LogP contribution < -0.4 is 4.74 Å². The number of halogens is 2. The Bertz CT molecular complexity index is 1050. The summed E-state index contributed by atoms with van der Waals surface area (Å²) in [6.45, 7) is 3.51. The molecule has 1 unspecified atom stereocenters. The molecule has 0 radical (unpaired) electrons. The van der Waals surface area contributed by atoms with E-state index in [-0.39, 0.29) is 21.9 Å². The number of carbonyl (C=O) groups excluding carboxylic acids is 3. The number of amides is 1. The Balaban J connectivity index is 2.13. The molecule has 8 heteroatoms. The summed E-state index contributed by atoms with van der Waals surface area (Å²) in [4.78, 5) is 38.1. The lowest BCUT2D eigenvalue weighted by Gasteiger charge is -2.25. The van der Waals surface area contributed by atoms with E-state index in [1.165, 1.54) is 30.0 Å². The molecule has 1 amide bonds. The number of rotatable bonds is 5. The predicted molar refractivity (Wildman–Crippen MR) is 114 cm³/mol. The van der Waals surface area contributed by atoms with Gasteiger partial charge in [-0.25, -0.2) is 0 Å². The SMILES string of the molecule is CCCN1C(=O)C(=O)/C(=C(\O)c2ccc(Cl)c(Cl)c2)C1c1ccc(OC(C)=O)cc1. The van der Waals surface area contributed by atoms with Gasteiger partial charge < -0.3 is 14.7 Å². The minimum absolute atomic E-state index is 0.0351. The zero-order valence-corrected chi connectivity index (χ0v) is 17.8. The number of esters is 1. The van der Waals surface area contributed by atoms with Crippen LogP contribution in [0, 0.1) is 0 Å². The molecule has 0 aliphatic carbocycles. The molecule has 0 spiro atoms. The number of likely N-dealkylation sites (tertiary alicyclic amines) is 1. The van der Waals surface area contributed by atoms with Crippen molar-refractivity contribution in [3.05, 3.63) is 69.2 Å². The van der Waals surface area contributed by atoms with Crippen molar-refractivity contribution in [2.75, 3.05) is 6.54 Å². The molecule has 6 nitrogen and oxygen atoms in total. The van der Waals surface area contributed by atoms with E-state index in [1.807, 2.05) is 6.92 Å². The summed E-state index contributed by atoms with van der Waals surface area (Å²) in [5.41, 5.74) is 0.840. The standard InChI is InChI=1S/C22H19Cl2NO5/c1-3-10-25-19(13-4-7-15(8-5-13)30-12(2)26)18(21(28)22(25)29)20(27)14-6-9-16(23)17(24)11-14/h4-9,11,19,27H,3,10H2,1-2H3/b20-18-. The third-order valence-electron chi connectivity index (χ3n) is 4.65. The Labute approximate surface area is 183 Å². The number of ether oxygens (including phenoxy) is 1. The first-order valence-corrected chi connectivity index (χ1v) is 10.0. The molecule has 1 heterocycles. The minimum Gasteiger partial charge on any atom is -0.507 e. The average molecular weight is 448 g/mol. The molecular weight excluding hydrogens is 429 g/mol. The fourth-order valence-electron chi connectivity index (χ4n) is 3.38. The van der Waals surface area contributed by atoms with Crippen LogP contribution >= 0.6 is 23.2 Å². The van der Waals surface area contributed by atoms with Crippen molar-refractivity contribution in [3.63, 3.8) is 0 Å². The molecule has 156 valence electrons. The summed E-state index contributed by atoms with van der Waals surface area (Å²) in [7, 11) is 0. The summed E-state index contributed by atoms with van der Waals surface area (Å²) in [5, 5.41) is 11.4. The van der Waals surface area contributed by atoms with E-state index in [9.17, 15) is 19.5 Å². The third kappa shape index (κ3) is 4.20. The van der Waals surface area contributed by atoms with Gasteiger partial charge in [-0.15, -0.1) is 0 Å². The largest absolute Gasteiger partial charge is 0.507 e. The van der Waals surface area contributed by atoms with Crippen molar-refractivity contribution >= 4 is 46.6 Å². The monoisotopic (exact) mass is 447 g/mol. The molecule has 30 heavy (non-hydrogen) atoms. The Morgan fingerprint density at radius 2 is 1.77 bits per heavy atom. The van der Waals surface area contributed by atoms with Gasteiger partial charge in [0.15, 0.2) is 0 Å². The molecule has 2 aromatic rings. The smallest absolute Gasteiger partial charge is 0.308 e. The van der Waals surface area contributed by atoms with Crippen molar-refractivity contribution in [1.82, 2.24) is 4.90 Å². The summed E-state index contributed by atoms with van der Waals surface area (Å²) < 4.78 is 5.04. The highest BCUT2D eigenvalue weighted by molar-refractivity contribution is 6.46. The van der Waals surface area contributed by atoms with Gasteiger partial charge in [-0.1, -0.05) is 42.3 Å². The van der Waals surface area contributed by atoms with E-state index in [4.69, 9.17) is 27.9 Å². The molecule has 1 N–H and O–H groups in total. The first-order valence-electron chi connectivity index (χ1n) is 9.26. The normalized spacial score (nSPS) is 18.0. The topological polar surface area (TPSA) is 83.9 Å². The van der Waals surface area contributed by atoms with Crippen LogP contribution in [0.15, 0.2) is 48.0 Å². The maximum atomic E-state index is 12.8. The van der Waals surface area contributed by atoms with Gasteiger partial charge in [-0.2, -0.15) is 0 Å². The number of hydrogen-bond acceptors (Lipinski definition) is 5. The van der Waals surface area contributed by atoms with Gasteiger partial charge in [-0.3, -0.25) is 14.4 Å². The Hall–Kier alpha value is -2.83. The van der Waals surface area contributed by atoms with Crippen molar-refractivity contribution in [3.8, 4) is 5.75 Å². The van der Waals surface area contributed by atoms with Crippen LogP contribution in [0.4, 0.5) is 0 Å². The molecular formula is C22H19Cl2NO5. The van der Waals surface area contributed by atoms with Crippen LogP contribution in [-0.2, 0) is 14.4 Å². The molecule has 0 bridgehead atoms. The number of aliphatic hydroxyl groups excluding tert-OH is 1. The number of nitrogens with zero attached hydrogens (tertiary/aromatic N) is 1. The minimum atomic E-state index is -0.786. The van der Waals surface area contributed by atoms with Crippen molar-refractivity contribution in [2.24, 2.45) is 0 Å². The van der Waals surface area contributed by atoms with Crippen molar-refractivity contribution in [1.29, 1.82) is 0 Å². The predicted octanol–water partition coefficient (Wildman–Crippen LogP) is 4.75. The number of hydrogen-bond donors (Lipinski definition) is 1. The molecule has 1 fully saturated rings. The van der Waals surface area contributed by atoms with Gasteiger partial charge in [0.25, 0.3) is 11.7 Å². The van der Waals surface area contributed by atoms with Gasteiger partial charge in [0.2, 0.25) is 0 Å². The average Bonchev–Trinajstić information content (AvgIpc) is 2.95. The lowest BCUT2D eigenvalue weighted by atomic mass is 9.95. The first kappa shape index (κ1) is 21.9. The second-order valence-electron chi connectivity index (χ2n) is 6.78. The quantitative estimate of drug-likeness (QED) is 0.235. The van der Waals surface area contributed by atoms with Crippen LogP contribution in [0.5, 0.6) is 5.75 Å². The first-order chi connectivity index (χ1) is 14.2. The maximum absolute atomic E-state index is 12.8. The van der Waals surface area contributed by atoms with E-state index in [0.717, 1.165) is 0 Å². The van der Waals surface area contributed by atoms with Gasteiger partial charge in [-0.05, 0) is 42.3 Å². The lowest BCUT2D eigenvalue weighted by Crippen LogP contribution is -2.30. The van der Waals surface area contributed by atoms with Crippen molar-refractivity contribution in [2.45, 2.75) is 26.3 Å². The number of aliphatic hydroxyl groups is 1. The van der Waals surface area contributed by atoms with Gasteiger partial charge in [0.1, 0.15) is 11.5 Å². The van der Waals surface area contributed by atoms with Crippen LogP contribution in [0.1, 0.15) is 37.4 Å². The molecule has 1 saturated heterocycles. The summed E-state index contributed by atoms with van der Waals surface area (Å²) >= 11 is 12.0. The molecule has 3 rings (SSSR count). The Morgan fingerprint density at radius 3 is 2.33 bits per heavy atom. The summed E-state index contributed by atoms with van der Waals surface area (Å²) in [6.07, 6.45) is 0.627. The number of benzene rings is 2. The van der Waals surface area contributed by atoms with E-state index in [0.29, 0.717) is 29.3 Å². The molecule has 2 aromatic carbocycles. The van der Waals surface area contributed by atoms with Crippen molar-refractivity contribution < 1.29 is 24.2 Å². The van der Waals surface area contributed by atoms with E-state index in [1.54, 1.807) is 24.3 Å². The van der Waals surface area contributed by atoms with Gasteiger partial charge in [0.05, 0.1) is 21.7 Å². The Kier molecular flexibility index (Phi) is 6.48. The molecule has 1 aliphatic heterocycles. The third-order valence-corrected chi connectivity index (χ3v) is 5.39. The second kappa shape index (κ2) is 8.90. The van der Waals surface area contributed by atoms with Crippen LogP contribution in [0.25, 0.3) is 5.76 Å². The second-order valence-corrected chi connectivity index (χ2v) is 7.60. The molecule has 0 aromatic heterocycles.